The first-order valence-corrected chi connectivity index (χ1v) is 7.02. The molecule has 1 atom stereocenters. The number of hydrogen-bond donors (Lipinski definition) is 2. The molecule has 4 nitrogen and oxygen atoms in total. The summed E-state index contributed by atoms with van der Waals surface area (Å²) >= 11 is 0. The third-order valence-electron chi connectivity index (χ3n) is 3.98. The van der Waals surface area contributed by atoms with Gasteiger partial charge in [0.25, 0.3) is 0 Å². The number of nitrogens with one attached hydrogen (secondary N) is 1. The second kappa shape index (κ2) is 7.31. The Balaban J connectivity index is 2.35. The lowest BCUT2D eigenvalue weighted by Crippen LogP contribution is -2.61. The van der Waals surface area contributed by atoms with E-state index >= 15 is 0 Å². The van der Waals surface area contributed by atoms with Crippen molar-refractivity contribution in [3.8, 4) is 0 Å². The molecule has 102 valence electrons. The number of rotatable bonds is 7. The Morgan fingerprint density at radius 1 is 1.35 bits per heavy atom. The summed E-state index contributed by atoms with van der Waals surface area (Å²) in [7, 11) is 2.19. The molecule has 1 saturated heterocycles. The third kappa shape index (κ3) is 4.54. The van der Waals surface area contributed by atoms with Gasteiger partial charge in [0.05, 0.1) is 0 Å². The predicted molar refractivity (Wildman–Crippen MR) is 74.3 cm³/mol. The first kappa shape index (κ1) is 14.9. The Morgan fingerprint density at radius 2 is 2.06 bits per heavy atom. The first-order valence-electron chi connectivity index (χ1n) is 7.02. The van der Waals surface area contributed by atoms with E-state index in [0.717, 1.165) is 39.3 Å². The molecule has 1 aliphatic rings. The molecule has 1 aliphatic heterocycles. The van der Waals surface area contributed by atoms with Crippen LogP contribution in [0.15, 0.2) is 0 Å². The lowest BCUT2D eigenvalue weighted by Gasteiger charge is -2.42. The van der Waals surface area contributed by atoms with Gasteiger partial charge in [0.2, 0.25) is 0 Å². The van der Waals surface area contributed by atoms with Crippen LogP contribution in [0.5, 0.6) is 0 Å². The summed E-state index contributed by atoms with van der Waals surface area (Å²) in [6.07, 6.45) is 2.47. The highest BCUT2D eigenvalue weighted by atomic mass is 15.2. The fourth-order valence-corrected chi connectivity index (χ4v) is 2.76. The third-order valence-corrected chi connectivity index (χ3v) is 3.98. The van der Waals surface area contributed by atoms with Crippen molar-refractivity contribution in [1.29, 1.82) is 0 Å². The van der Waals surface area contributed by atoms with Gasteiger partial charge < -0.3 is 20.9 Å². The smallest absolute Gasteiger partial charge is 0.0433 e. The van der Waals surface area contributed by atoms with E-state index in [-0.39, 0.29) is 5.54 Å². The van der Waals surface area contributed by atoms with Gasteiger partial charge in [0.1, 0.15) is 0 Å². The van der Waals surface area contributed by atoms with Crippen LogP contribution in [0.2, 0.25) is 0 Å². The minimum atomic E-state index is 0.153. The standard InChI is InChI=1S/C13H30N4/c1-4-17(5-2)10-8-15-13(11-14)7-6-9-16(3)12-13/h15H,4-12,14H2,1-3H3. The van der Waals surface area contributed by atoms with E-state index in [2.05, 4.69) is 36.0 Å². The maximum atomic E-state index is 5.98. The van der Waals surface area contributed by atoms with Crippen LogP contribution in [-0.4, -0.2) is 68.2 Å². The van der Waals surface area contributed by atoms with Crippen molar-refractivity contribution in [2.75, 3.05) is 52.9 Å². The Bertz CT molecular complexity index is 206. The SMILES string of the molecule is CCN(CC)CCNC1(CN)CCCN(C)C1. The first-order chi connectivity index (χ1) is 8.15. The topological polar surface area (TPSA) is 44.5 Å². The van der Waals surface area contributed by atoms with Crippen molar-refractivity contribution in [2.45, 2.75) is 32.2 Å². The second-order valence-electron chi connectivity index (χ2n) is 5.28. The minimum Gasteiger partial charge on any atom is -0.329 e. The summed E-state index contributed by atoms with van der Waals surface area (Å²) in [5.74, 6) is 0. The van der Waals surface area contributed by atoms with Gasteiger partial charge in [0.15, 0.2) is 0 Å². The molecule has 3 N–H and O–H groups in total. The second-order valence-corrected chi connectivity index (χ2v) is 5.28. The maximum absolute atomic E-state index is 5.98. The molecule has 0 aromatic rings. The summed E-state index contributed by atoms with van der Waals surface area (Å²) in [4.78, 5) is 4.84. The van der Waals surface area contributed by atoms with Crippen LogP contribution in [0.4, 0.5) is 0 Å². The van der Waals surface area contributed by atoms with Crippen molar-refractivity contribution < 1.29 is 0 Å². The van der Waals surface area contributed by atoms with Crippen molar-refractivity contribution in [1.82, 2.24) is 15.1 Å². The highest BCUT2D eigenvalue weighted by molar-refractivity contribution is 4.94. The fourth-order valence-electron chi connectivity index (χ4n) is 2.76. The van der Waals surface area contributed by atoms with Crippen molar-refractivity contribution in [2.24, 2.45) is 5.73 Å². The molecule has 0 radical (unpaired) electrons. The monoisotopic (exact) mass is 242 g/mol. The van der Waals surface area contributed by atoms with Crippen LogP contribution in [0.25, 0.3) is 0 Å². The molecule has 17 heavy (non-hydrogen) atoms. The van der Waals surface area contributed by atoms with Gasteiger partial charge in [-0.05, 0) is 39.5 Å². The van der Waals surface area contributed by atoms with E-state index in [9.17, 15) is 0 Å². The highest BCUT2D eigenvalue weighted by Gasteiger charge is 2.32. The molecule has 1 rings (SSSR count). The summed E-state index contributed by atoms with van der Waals surface area (Å²) in [5.41, 5.74) is 6.13. The maximum Gasteiger partial charge on any atom is 0.0433 e. The predicted octanol–water partition coefficient (Wildman–Crippen LogP) is 0.341. The van der Waals surface area contributed by atoms with Crippen LogP contribution in [0.3, 0.4) is 0 Å². The van der Waals surface area contributed by atoms with E-state index in [1.807, 2.05) is 0 Å². The molecule has 4 heteroatoms. The average Bonchev–Trinajstić information content (AvgIpc) is 2.35. The minimum absolute atomic E-state index is 0.153. The van der Waals surface area contributed by atoms with E-state index < -0.39 is 0 Å². The molecule has 0 aromatic heterocycles. The molecule has 1 fully saturated rings. The molecule has 0 saturated carbocycles. The molecule has 0 aliphatic carbocycles. The number of nitrogens with two attached hydrogens (primary N) is 1. The van der Waals surface area contributed by atoms with Crippen LogP contribution < -0.4 is 11.1 Å². The van der Waals surface area contributed by atoms with Gasteiger partial charge in [-0.15, -0.1) is 0 Å². The molecule has 0 amide bonds. The molecular weight excluding hydrogens is 212 g/mol. The lowest BCUT2D eigenvalue weighted by atomic mass is 9.89. The van der Waals surface area contributed by atoms with Gasteiger partial charge in [-0.2, -0.15) is 0 Å². The van der Waals surface area contributed by atoms with Gasteiger partial charge in [-0.1, -0.05) is 13.8 Å². The van der Waals surface area contributed by atoms with Gasteiger partial charge in [-0.3, -0.25) is 0 Å². The zero-order chi connectivity index (χ0) is 12.7. The number of hydrogen-bond acceptors (Lipinski definition) is 4. The van der Waals surface area contributed by atoms with Crippen LogP contribution in [0, 0.1) is 0 Å². The quantitative estimate of drug-likeness (QED) is 0.676. The Hall–Kier alpha value is -0.160. The van der Waals surface area contributed by atoms with E-state index in [1.165, 1.54) is 19.4 Å². The largest absolute Gasteiger partial charge is 0.329 e. The normalized spacial score (nSPS) is 26.6. The van der Waals surface area contributed by atoms with Crippen LogP contribution in [0.1, 0.15) is 26.7 Å². The number of likely N-dealkylation sites (N-methyl/N-ethyl adjacent to an activating group) is 2. The van der Waals surface area contributed by atoms with E-state index in [1.54, 1.807) is 0 Å². The van der Waals surface area contributed by atoms with Crippen molar-refractivity contribution in [3.05, 3.63) is 0 Å². The van der Waals surface area contributed by atoms with Crippen molar-refractivity contribution >= 4 is 0 Å². The summed E-state index contributed by atoms with van der Waals surface area (Å²) in [6.45, 7) is 11.9. The summed E-state index contributed by atoms with van der Waals surface area (Å²) in [5, 5.41) is 3.71. The van der Waals surface area contributed by atoms with Gasteiger partial charge in [0, 0.05) is 31.7 Å². The molecule has 1 heterocycles. The highest BCUT2D eigenvalue weighted by Crippen LogP contribution is 2.18. The summed E-state index contributed by atoms with van der Waals surface area (Å²) < 4.78 is 0. The summed E-state index contributed by atoms with van der Waals surface area (Å²) in [6, 6.07) is 0. The fraction of sp³-hybridized carbons (Fsp3) is 1.00. The van der Waals surface area contributed by atoms with Crippen LogP contribution in [-0.2, 0) is 0 Å². The van der Waals surface area contributed by atoms with E-state index in [4.69, 9.17) is 5.73 Å². The average molecular weight is 242 g/mol. The number of nitrogens with zero attached hydrogens (tertiary/aromatic N) is 2. The Morgan fingerprint density at radius 3 is 2.59 bits per heavy atom. The van der Waals surface area contributed by atoms with Gasteiger partial charge in [-0.25, -0.2) is 0 Å². The van der Waals surface area contributed by atoms with Crippen molar-refractivity contribution in [3.63, 3.8) is 0 Å². The van der Waals surface area contributed by atoms with Crippen LogP contribution >= 0.6 is 0 Å². The zero-order valence-corrected chi connectivity index (χ0v) is 11.8. The molecule has 0 aromatic carbocycles. The Labute approximate surface area is 107 Å². The molecular formula is C13H30N4. The molecule has 1 unspecified atom stereocenters. The Kier molecular flexibility index (Phi) is 6.41. The lowest BCUT2D eigenvalue weighted by molar-refractivity contribution is 0.145. The van der Waals surface area contributed by atoms with Gasteiger partial charge >= 0.3 is 0 Å². The zero-order valence-electron chi connectivity index (χ0n) is 11.8. The van der Waals surface area contributed by atoms with E-state index in [0.29, 0.717) is 0 Å². The molecule has 0 bridgehead atoms. The number of likely N-dealkylation sites (tertiary alicyclic amines) is 1. The molecule has 0 spiro atoms. The number of piperidine rings is 1.